The molecule has 1 aromatic carbocycles. The molecule has 0 N–H and O–H groups in total. The summed E-state index contributed by atoms with van der Waals surface area (Å²) in [5.74, 6) is 0.902. The van der Waals surface area contributed by atoms with Crippen LogP contribution in [0.5, 0.6) is 5.75 Å². The molecule has 1 aromatic rings. The van der Waals surface area contributed by atoms with E-state index in [4.69, 9.17) is 13.6 Å². The fraction of sp³-hybridized carbons (Fsp3) is 0.571. The highest BCUT2D eigenvalue weighted by Gasteiger charge is 2.41. The summed E-state index contributed by atoms with van der Waals surface area (Å²) < 4.78 is 17.0. The van der Waals surface area contributed by atoms with E-state index in [0.29, 0.717) is 5.54 Å². The van der Waals surface area contributed by atoms with Crippen molar-refractivity contribution in [1.29, 1.82) is 0 Å². The number of ether oxygens (including phenoxy) is 1. The highest BCUT2D eigenvalue weighted by molar-refractivity contribution is 6.82. The first-order chi connectivity index (χ1) is 8.60. The first-order valence-corrected chi connectivity index (χ1v) is 8.33. The van der Waals surface area contributed by atoms with E-state index in [1.165, 1.54) is 0 Å². The van der Waals surface area contributed by atoms with Crippen LogP contribution < -0.4 is 9.92 Å². The molecule has 102 valence electrons. The van der Waals surface area contributed by atoms with Crippen LogP contribution in [0.25, 0.3) is 0 Å². The quantitative estimate of drug-likeness (QED) is 0.712. The summed E-state index contributed by atoms with van der Waals surface area (Å²) in [5, 5.41) is 1.14. The van der Waals surface area contributed by atoms with Gasteiger partial charge in [0.05, 0.1) is 6.61 Å². The molecule has 0 saturated heterocycles. The summed E-state index contributed by atoms with van der Waals surface area (Å²) in [6, 6.07) is 8.11. The monoisotopic (exact) mass is 268 g/mol. The van der Waals surface area contributed by atoms with Crippen molar-refractivity contribution in [2.45, 2.75) is 32.7 Å². The van der Waals surface area contributed by atoms with Gasteiger partial charge in [-0.3, -0.25) is 0 Å². The van der Waals surface area contributed by atoms with E-state index in [0.717, 1.165) is 24.0 Å². The lowest BCUT2D eigenvalue weighted by Gasteiger charge is -2.31. The molecule has 0 spiro atoms. The van der Waals surface area contributed by atoms with E-state index in [1.54, 1.807) is 14.2 Å². The van der Waals surface area contributed by atoms with Gasteiger partial charge >= 0.3 is 8.56 Å². The highest BCUT2D eigenvalue weighted by Crippen LogP contribution is 2.23. The van der Waals surface area contributed by atoms with Gasteiger partial charge in [-0.25, -0.2) is 0 Å². The predicted octanol–water partition coefficient (Wildman–Crippen LogP) is 2.83. The number of hydrogen-bond donors (Lipinski definition) is 0. The van der Waals surface area contributed by atoms with E-state index in [-0.39, 0.29) is 0 Å². The summed E-state index contributed by atoms with van der Waals surface area (Å²) in [7, 11) is 1.16. The minimum Gasteiger partial charge on any atom is -0.494 e. The van der Waals surface area contributed by atoms with Crippen LogP contribution in [-0.4, -0.2) is 29.4 Å². The Morgan fingerprint density at radius 1 is 1.06 bits per heavy atom. The molecule has 0 aliphatic heterocycles. The maximum Gasteiger partial charge on any atom is 0.374 e. The van der Waals surface area contributed by atoms with Crippen molar-refractivity contribution in [1.82, 2.24) is 0 Å². The van der Waals surface area contributed by atoms with Crippen LogP contribution in [-0.2, 0) is 8.85 Å². The average molecular weight is 268 g/mol. The Hall–Kier alpha value is -0.843. The Kier molecular flexibility index (Phi) is 5.85. The van der Waals surface area contributed by atoms with Crippen molar-refractivity contribution in [2.24, 2.45) is 0 Å². The van der Waals surface area contributed by atoms with E-state index in [2.05, 4.69) is 32.9 Å². The Balaban J connectivity index is 2.94. The number of hydrogen-bond acceptors (Lipinski definition) is 3. The van der Waals surface area contributed by atoms with Crippen molar-refractivity contribution < 1.29 is 13.6 Å². The second-order valence-electron chi connectivity index (χ2n) is 4.60. The van der Waals surface area contributed by atoms with Crippen LogP contribution in [0, 0.1) is 0 Å². The molecule has 0 heterocycles. The summed E-state index contributed by atoms with van der Waals surface area (Å²) >= 11 is 0. The molecule has 0 amide bonds. The normalized spacial score (nSPS) is 11.9. The van der Waals surface area contributed by atoms with Gasteiger partial charge in [0, 0.05) is 19.8 Å². The Morgan fingerprint density at radius 2 is 1.61 bits per heavy atom. The highest BCUT2D eigenvalue weighted by atomic mass is 28.4. The van der Waals surface area contributed by atoms with Crippen molar-refractivity contribution in [3.05, 3.63) is 24.3 Å². The third-order valence-corrected chi connectivity index (χ3v) is 6.97. The summed E-state index contributed by atoms with van der Waals surface area (Å²) in [4.78, 5) is 0. The second-order valence-corrected chi connectivity index (χ2v) is 8.49. The van der Waals surface area contributed by atoms with Crippen molar-refractivity contribution >= 4 is 13.7 Å². The van der Waals surface area contributed by atoms with Gasteiger partial charge in [0.1, 0.15) is 5.75 Å². The largest absolute Gasteiger partial charge is 0.494 e. The van der Waals surface area contributed by atoms with Crippen LogP contribution in [0.4, 0.5) is 0 Å². The molecule has 0 radical (unpaired) electrons. The maximum atomic E-state index is 5.73. The molecule has 18 heavy (non-hydrogen) atoms. The van der Waals surface area contributed by atoms with Crippen LogP contribution in [0.3, 0.4) is 0 Å². The first kappa shape index (κ1) is 15.2. The van der Waals surface area contributed by atoms with Gasteiger partial charge in [0.15, 0.2) is 0 Å². The number of benzene rings is 1. The molecule has 0 aliphatic carbocycles. The van der Waals surface area contributed by atoms with Gasteiger partial charge in [-0.05, 0) is 23.7 Å². The minimum absolute atomic E-state index is 0.356. The number of rotatable bonds is 7. The Morgan fingerprint density at radius 3 is 2.00 bits per heavy atom. The molecule has 0 bridgehead atoms. The molecular weight excluding hydrogens is 244 g/mol. The third-order valence-electron chi connectivity index (χ3n) is 3.10. The molecule has 1 rings (SSSR count). The van der Waals surface area contributed by atoms with Gasteiger partial charge < -0.3 is 13.6 Å². The third kappa shape index (κ3) is 3.13. The second kappa shape index (κ2) is 6.92. The van der Waals surface area contributed by atoms with Crippen LogP contribution in [0.2, 0.25) is 5.54 Å². The molecule has 0 fully saturated rings. The molecule has 4 heteroatoms. The molecule has 3 nitrogen and oxygen atoms in total. The van der Waals surface area contributed by atoms with Crippen LogP contribution in [0.15, 0.2) is 24.3 Å². The topological polar surface area (TPSA) is 27.7 Å². The van der Waals surface area contributed by atoms with Gasteiger partial charge in [0.2, 0.25) is 0 Å². The summed E-state index contributed by atoms with van der Waals surface area (Å²) in [6.45, 7) is 7.13. The van der Waals surface area contributed by atoms with Gasteiger partial charge in [-0.2, -0.15) is 0 Å². The lowest BCUT2D eigenvalue weighted by Crippen LogP contribution is -2.54. The van der Waals surface area contributed by atoms with Gasteiger partial charge in [-0.1, -0.05) is 32.9 Å². The Labute approximate surface area is 111 Å². The fourth-order valence-corrected chi connectivity index (χ4v) is 5.01. The van der Waals surface area contributed by atoms with E-state index >= 15 is 0 Å². The van der Waals surface area contributed by atoms with Crippen molar-refractivity contribution in [3.8, 4) is 5.75 Å². The molecular formula is C14H24O3Si. The first-order valence-electron chi connectivity index (χ1n) is 6.44. The van der Waals surface area contributed by atoms with Gasteiger partial charge in [0.25, 0.3) is 0 Å². The van der Waals surface area contributed by atoms with Gasteiger partial charge in [-0.15, -0.1) is 0 Å². The zero-order chi connectivity index (χ0) is 13.6. The predicted molar refractivity (Wildman–Crippen MR) is 76.7 cm³/mol. The lowest BCUT2D eigenvalue weighted by molar-refractivity contribution is 0.248. The molecule has 0 unspecified atom stereocenters. The van der Waals surface area contributed by atoms with Crippen LogP contribution >= 0.6 is 0 Å². The van der Waals surface area contributed by atoms with Crippen molar-refractivity contribution in [2.75, 3.05) is 20.8 Å². The van der Waals surface area contributed by atoms with Crippen molar-refractivity contribution in [3.63, 3.8) is 0 Å². The van der Waals surface area contributed by atoms with Crippen LogP contribution in [0.1, 0.15) is 27.2 Å². The molecule has 0 aromatic heterocycles. The Bertz CT molecular complexity index is 345. The molecule has 0 atom stereocenters. The average Bonchev–Trinajstić information content (AvgIpc) is 2.39. The van der Waals surface area contributed by atoms with E-state index < -0.39 is 8.56 Å². The van der Waals surface area contributed by atoms with E-state index in [1.807, 2.05) is 12.1 Å². The lowest BCUT2D eigenvalue weighted by atomic mass is 10.3. The summed E-state index contributed by atoms with van der Waals surface area (Å²) in [5.41, 5.74) is 0.356. The SMILES string of the molecule is CCCOc1ccc([Si](OC)(OC)C(C)C)cc1. The standard InChI is InChI=1S/C14H24O3Si/c1-6-11-17-13-7-9-14(10-8-13)18(15-4,16-5)12(2)3/h7-10,12H,6,11H2,1-5H3. The zero-order valence-electron chi connectivity index (χ0n) is 12.0. The smallest absolute Gasteiger partial charge is 0.374 e. The molecule has 0 aliphatic rings. The fourth-order valence-electron chi connectivity index (χ4n) is 2.13. The minimum atomic E-state index is -2.31. The zero-order valence-corrected chi connectivity index (χ0v) is 13.0. The maximum absolute atomic E-state index is 5.73. The summed E-state index contributed by atoms with van der Waals surface area (Å²) in [6.07, 6.45) is 1.02. The van der Waals surface area contributed by atoms with E-state index in [9.17, 15) is 0 Å². The molecule has 0 saturated carbocycles.